The molecule has 3 heteroatoms. The van der Waals surface area contributed by atoms with Gasteiger partial charge < -0.3 is 9.53 Å². The molecule has 0 heterocycles. The standard InChI is InChI=1S/C7H10OSi.C7H8O/c9-8-6-7-4-2-1-3-5-7;8-6-7-4-2-1-3-5-7/h1-5H,6H2,9H3;1-5,8H,6H2. The summed E-state index contributed by atoms with van der Waals surface area (Å²) in [4.78, 5) is 0. The predicted molar refractivity (Wildman–Crippen MR) is 73.5 cm³/mol. The van der Waals surface area contributed by atoms with Crippen LogP contribution in [-0.4, -0.2) is 15.6 Å². The van der Waals surface area contributed by atoms with E-state index >= 15 is 0 Å². The van der Waals surface area contributed by atoms with Crippen molar-refractivity contribution in [3.63, 3.8) is 0 Å². The zero-order valence-corrected chi connectivity index (χ0v) is 12.0. The van der Waals surface area contributed by atoms with E-state index in [0.717, 1.165) is 22.7 Å². The molecule has 0 spiro atoms. The van der Waals surface area contributed by atoms with Crippen molar-refractivity contribution >= 4 is 10.5 Å². The van der Waals surface area contributed by atoms with E-state index in [1.54, 1.807) is 0 Å². The van der Waals surface area contributed by atoms with Gasteiger partial charge in [-0.05, 0) is 11.1 Å². The van der Waals surface area contributed by atoms with Crippen molar-refractivity contribution in [2.75, 3.05) is 0 Å². The molecule has 0 bridgehead atoms. The van der Waals surface area contributed by atoms with Crippen molar-refractivity contribution in [3.8, 4) is 0 Å². The summed E-state index contributed by atoms with van der Waals surface area (Å²) < 4.78 is 5.07. The molecular weight excluding hydrogens is 228 g/mol. The quantitative estimate of drug-likeness (QED) is 0.835. The van der Waals surface area contributed by atoms with Crippen LogP contribution in [0.4, 0.5) is 0 Å². The molecule has 0 amide bonds. The first-order valence-electron chi connectivity index (χ1n) is 5.54. The minimum atomic E-state index is 0.140. The number of aliphatic hydroxyl groups excluding tert-OH is 1. The topological polar surface area (TPSA) is 29.5 Å². The predicted octanol–water partition coefficient (Wildman–Crippen LogP) is 1.66. The van der Waals surface area contributed by atoms with Crippen LogP contribution in [0.3, 0.4) is 0 Å². The highest BCUT2D eigenvalue weighted by atomic mass is 28.2. The second-order valence-corrected chi connectivity index (χ2v) is 4.14. The van der Waals surface area contributed by atoms with E-state index in [2.05, 4.69) is 12.1 Å². The summed E-state index contributed by atoms with van der Waals surface area (Å²) in [5.41, 5.74) is 2.22. The molecule has 0 aliphatic heterocycles. The number of benzene rings is 2. The van der Waals surface area contributed by atoms with Gasteiger partial charge in [-0.25, -0.2) is 0 Å². The Balaban J connectivity index is 0.000000171. The lowest BCUT2D eigenvalue weighted by Crippen LogP contribution is -1.85. The van der Waals surface area contributed by atoms with E-state index in [1.165, 1.54) is 5.56 Å². The van der Waals surface area contributed by atoms with Gasteiger partial charge in [-0.15, -0.1) is 0 Å². The second kappa shape index (κ2) is 8.70. The summed E-state index contributed by atoms with van der Waals surface area (Å²) in [5, 5.41) is 8.54. The van der Waals surface area contributed by atoms with Crippen LogP contribution < -0.4 is 0 Å². The van der Waals surface area contributed by atoms with Crippen LogP contribution in [-0.2, 0) is 17.6 Å². The Labute approximate surface area is 105 Å². The van der Waals surface area contributed by atoms with Gasteiger partial charge in [-0.2, -0.15) is 0 Å². The molecule has 0 unspecified atom stereocenters. The summed E-state index contributed by atoms with van der Waals surface area (Å²) >= 11 is 0. The number of rotatable bonds is 3. The van der Waals surface area contributed by atoms with E-state index < -0.39 is 0 Å². The van der Waals surface area contributed by atoms with Crippen LogP contribution in [0, 0.1) is 0 Å². The summed E-state index contributed by atoms with van der Waals surface area (Å²) in [6, 6.07) is 19.7. The lowest BCUT2D eigenvalue weighted by atomic mass is 10.2. The SMILES string of the molecule is OCc1ccccc1.[SiH3]OCc1ccccc1. The summed E-state index contributed by atoms with van der Waals surface area (Å²) in [6.07, 6.45) is 0. The monoisotopic (exact) mass is 246 g/mol. The number of aliphatic hydroxyl groups is 1. The largest absolute Gasteiger partial charge is 0.424 e. The van der Waals surface area contributed by atoms with Crippen molar-refractivity contribution < 1.29 is 9.53 Å². The van der Waals surface area contributed by atoms with Gasteiger partial charge in [0, 0.05) is 0 Å². The Hall–Kier alpha value is -1.42. The van der Waals surface area contributed by atoms with Crippen LogP contribution >= 0.6 is 0 Å². The smallest absolute Gasteiger partial charge is 0.146 e. The molecule has 0 aromatic heterocycles. The molecular formula is C14H18O2Si. The Kier molecular flexibility index (Phi) is 6.98. The Bertz CT molecular complexity index is 389. The third kappa shape index (κ3) is 6.02. The van der Waals surface area contributed by atoms with Crippen molar-refractivity contribution in [2.24, 2.45) is 0 Å². The lowest BCUT2D eigenvalue weighted by Gasteiger charge is -1.95. The molecule has 0 saturated heterocycles. The second-order valence-electron chi connectivity index (χ2n) is 3.56. The van der Waals surface area contributed by atoms with E-state index in [4.69, 9.17) is 9.53 Å². The fourth-order valence-electron chi connectivity index (χ4n) is 1.32. The van der Waals surface area contributed by atoms with Gasteiger partial charge >= 0.3 is 0 Å². The zero-order valence-electron chi connectivity index (χ0n) is 10.0. The highest BCUT2D eigenvalue weighted by molar-refractivity contribution is 5.97. The average Bonchev–Trinajstić information content (AvgIpc) is 2.42. The molecule has 90 valence electrons. The summed E-state index contributed by atoms with van der Waals surface area (Å²) in [5.74, 6) is 0. The van der Waals surface area contributed by atoms with Crippen LogP contribution in [0.2, 0.25) is 0 Å². The molecule has 0 atom stereocenters. The third-order valence-corrected chi connectivity index (χ3v) is 2.47. The summed E-state index contributed by atoms with van der Waals surface area (Å²) in [6.45, 7) is 0.911. The third-order valence-electron chi connectivity index (χ3n) is 2.18. The van der Waals surface area contributed by atoms with Gasteiger partial charge in [0.05, 0.1) is 13.2 Å². The average molecular weight is 246 g/mol. The van der Waals surface area contributed by atoms with Crippen molar-refractivity contribution in [2.45, 2.75) is 13.2 Å². The van der Waals surface area contributed by atoms with Gasteiger partial charge in [0.25, 0.3) is 0 Å². The van der Waals surface area contributed by atoms with Crippen molar-refractivity contribution in [1.82, 2.24) is 0 Å². The van der Waals surface area contributed by atoms with E-state index in [-0.39, 0.29) is 6.61 Å². The van der Waals surface area contributed by atoms with E-state index in [1.807, 2.05) is 48.5 Å². The minimum Gasteiger partial charge on any atom is -0.424 e. The van der Waals surface area contributed by atoms with Crippen LogP contribution in [0.25, 0.3) is 0 Å². The van der Waals surface area contributed by atoms with Gasteiger partial charge in [-0.3, -0.25) is 0 Å². The maximum Gasteiger partial charge on any atom is 0.146 e. The molecule has 2 rings (SSSR count). The molecule has 0 radical (unpaired) electrons. The molecule has 0 aliphatic carbocycles. The molecule has 0 aliphatic rings. The van der Waals surface area contributed by atoms with Gasteiger partial charge in [0.15, 0.2) is 0 Å². The molecule has 2 aromatic rings. The number of hydrogen-bond donors (Lipinski definition) is 1. The summed E-state index contributed by atoms with van der Waals surface area (Å²) in [7, 11) is 0.824. The fourth-order valence-corrected chi connectivity index (χ4v) is 1.66. The fraction of sp³-hybridized carbons (Fsp3) is 0.143. The van der Waals surface area contributed by atoms with Crippen LogP contribution in [0.5, 0.6) is 0 Å². The highest BCUT2D eigenvalue weighted by Gasteiger charge is 1.84. The minimum absolute atomic E-state index is 0.140. The first kappa shape index (κ1) is 13.6. The first-order valence-corrected chi connectivity index (χ1v) is 6.36. The van der Waals surface area contributed by atoms with E-state index in [0.29, 0.717) is 0 Å². The Morgan fingerprint density at radius 3 is 1.65 bits per heavy atom. The van der Waals surface area contributed by atoms with Crippen LogP contribution in [0.15, 0.2) is 60.7 Å². The van der Waals surface area contributed by atoms with Gasteiger partial charge in [0.1, 0.15) is 10.5 Å². The van der Waals surface area contributed by atoms with Gasteiger partial charge in [0.2, 0.25) is 0 Å². The van der Waals surface area contributed by atoms with E-state index in [9.17, 15) is 0 Å². The Morgan fingerprint density at radius 2 is 1.29 bits per heavy atom. The molecule has 17 heavy (non-hydrogen) atoms. The molecule has 0 saturated carbocycles. The normalized spacial score (nSPS) is 9.47. The van der Waals surface area contributed by atoms with Crippen molar-refractivity contribution in [1.29, 1.82) is 0 Å². The van der Waals surface area contributed by atoms with Crippen molar-refractivity contribution in [3.05, 3.63) is 71.8 Å². The maximum atomic E-state index is 8.54. The lowest BCUT2D eigenvalue weighted by molar-refractivity contribution is 0.282. The Morgan fingerprint density at radius 1 is 0.824 bits per heavy atom. The van der Waals surface area contributed by atoms with Gasteiger partial charge in [-0.1, -0.05) is 60.7 Å². The molecule has 1 N–H and O–H groups in total. The molecule has 2 nitrogen and oxygen atoms in total. The molecule has 2 aromatic carbocycles. The maximum absolute atomic E-state index is 8.54. The first-order chi connectivity index (χ1) is 8.36. The zero-order chi connectivity index (χ0) is 12.3. The number of hydrogen-bond acceptors (Lipinski definition) is 2. The highest BCUT2D eigenvalue weighted by Crippen LogP contribution is 1.98. The molecule has 0 fully saturated rings. The van der Waals surface area contributed by atoms with Crippen LogP contribution in [0.1, 0.15) is 11.1 Å².